The summed E-state index contributed by atoms with van der Waals surface area (Å²) in [5.41, 5.74) is 8.28. The van der Waals surface area contributed by atoms with E-state index in [1.54, 1.807) is 0 Å². The Morgan fingerprint density at radius 1 is 1.08 bits per heavy atom. The van der Waals surface area contributed by atoms with Crippen molar-refractivity contribution in [3.63, 3.8) is 0 Å². The lowest BCUT2D eigenvalue weighted by molar-refractivity contribution is -0.122. The van der Waals surface area contributed by atoms with Crippen molar-refractivity contribution in [1.82, 2.24) is 10.2 Å². The minimum absolute atomic E-state index is 0. The smallest absolute Gasteiger partial charge is 0.237 e. The fourth-order valence-corrected chi connectivity index (χ4v) is 2.40. The molecule has 3 N–H and O–H groups in total. The highest BCUT2D eigenvalue weighted by Gasteiger charge is 2.14. The summed E-state index contributed by atoms with van der Waals surface area (Å²) in [6, 6.07) is 8.00. The van der Waals surface area contributed by atoms with E-state index in [9.17, 15) is 4.79 Å². The molecule has 0 saturated heterocycles. The van der Waals surface area contributed by atoms with E-state index in [-0.39, 0.29) is 30.7 Å². The van der Waals surface area contributed by atoms with Crippen LogP contribution in [0, 0.1) is 5.92 Å². The molecule has 1 rings (SSSR count). The van der Waals surface area contributed by atoms with Crippen molar-refractivity contribution in [3.8, 4) is 0 Å². The third-order valence-corrected chi connectivity index (χ3v) is 3.85. The minimum Gasteiger partial charge on any atom is -0.351 e. The number of nitrogens with one attached hydrogen (secondary N) is 1. The number of halogens is 2. The highest BCUT2D eigenvalue weighted by Crippen LogP contribution is 2.08. The van der Waals surface area contributed by atoms with Crippen molar-refractivity contribution in [1.29, 1.82) is 0 Å². The quantitative estimate of drug-likeness (QED) is 0.693. The SMILES string of the molecule is CCN(CC)Cc1ccc(CNC(=O)[C@@H](N)CC(C)C)cc1.Cl.Cl. The van der Waals surface area contributed by atoms with Crippen LogP contribution in [0.1, 0.15) is 45.2 Å². The number of nitrogens with zero attached hydrogens (tertiary/aromatic N) is 1. The highest BCUT2D eigenvalue weighted by atomic mass is 35.5. The Balaban J connectivity index is 0. The van der Waals surface area contributed by atoms with Crippen molar-refractivity contribution in [3.05, 3.63) is 35.4 Å². The van der Waals surface area contributed by atoms with E-state index in [2.05, 4.69) is 62.2 Å². The van der Waals surface area contributed by atoms with E-state index in [1.807, 2.05) is 0 Å². The lowest BCUT2D eigenvalue weighted by Gasteiger charge is -2.18. The van der Waals surface area contributed by atoms with E-state index in [0.29, 0.717) is 18.9 Å². The molecule has 1 atom stereocenters. The molecule has 0 aliphatic carbocycles. The number of hydrogen-bond donors (Lipinski definition) is 2. The average Bonchev–Trinajstić information content (AvgIpc) is 2.50. The third kappa shape index (κ3) is 9.48. The monoisotopic (exact) mass is 377 g/mol. The predicted molar refractivity (Wildman–Crippen MR) is 107 cm³/mol. The molecule has 0 aliphatic heterocycles. The second-order valence-electron chi connectivity index (χ2n) is 6.23. The molecule has 0 aromatic heterocycles. The predicted octanol–water partition coefficient (Wildman–Crippen LogP) is 3.36. The molecule has 0 bridgehead atoms. The van der Waals surface area contributed by atoms with Crippen molar-refractivity contribution in [2.24, 2.45) is 11.7 Å². The summed E-state index contributed by atoms with van der Waals surface area (Å²) in [7, 11) is 0. The summed E-state index contributed by atoms with van der Waals surface area (Å²) < 4.78 is 0. The van der Waals surface area contributed by atoms with Crippen molar-refractivity contribution < 1.29 is 4.79 Å². The highest BCUT2D eigenvalue weighted by molar-refractivity contribution is 5.85. The third-order valence-electron chi connectivity index (χ3n) is 3.85. The molecular weight excluding hydrogens is 345 g/mol. The molecule has 1 amide bonds. The zero-order chi connectivity index (χ0) is 16.5. The van der Waals surface area contributed by atoms with Gasteiger partial charge in [0.2, 0.25) is 5.91 Å². The van der Waals surface area contributed by atoms with Gasteiger partial charge in [-0.2, -0.15) is 0 Å². The van der Waals surface area contributed by atoms with Gasteiger partial charge in [-0.3, -0.25) is 9.69 Å². The topological polar surface area (TPSA) is 58.4 Å². The molecule has 24 heavy (non-hydrogen) atoms. The molecule has 0 aliphatic rings. The maximum absolute atomic E-state index is 11.9. The summed E-state index contributed by atoms with van der Waals surface area (Å²) in [6.07, 6.45) is 0.717. The van der Waals surface area contributed by atoms with Gasteiger partial charge in [-0.1, -0.05) is 52.0 Å². The van der Waals surface area contributed by atoms with Crippen molar-refractivity contribution >= 4 is 30.7 Å². The molecular formula is C18H33Cl2N3O. The zero-order valence-electron chi connectivity index (χ0n) is 15.2. The first-order chi connectivity index (χ1) is 10.5. The Hall–Kier alpha value is -0.810. The van der Waals surface area contributed by atoms with Gasteiger partial charge in [-0.05, 0) is 36.6 Å². The van der Waals surface area contributed by atoms with Crippen LogP contribution in [0.5, 0.6) is 0 Å². The number of amides is 1. The van der Waals surface area contributed by atoms with Crippen LogP contribution in [0.3, 0.4) is 0 Å². The standard InChI is InChI=1S/C18H31N3O.2ClH/c1-5-21(6-2)13-16-9-7-15(8-10-16)12-20-18(22)17(19)11-14(3)4;;/h7-10,14,17H,5-6,11-13,19H2,1-4H3,(H,20,22);2*1H/t17-;;/m0../s1. The summed E-state index contributed by atoms with van der Waals surface area (Å²) in [4.78, 5) is 14.3. The van der Waals surface area contributed by atoms with Crippen LogP contribution in [-0.4, -0.2) is 29.9 Å². The second kappa shape index (κ2) is 13.5. The first-order valence-electron chi connectivity index (χ1n) is 8.29. The van der Waals surface area contributed by atoms with Gasteiger partial charge in [0.15, 0.2) is 0 Å². The van der Waals surface area contributed by atoms with Crippen LogP contribution in [0.4, 0.5) is 0 Å². The van der Waals surface area contributed by atoms with Gasteiger partial charge >= 0.3 is 0 Å². The molecule has 1 aromatic rings. The Labute approximate surface area is 159 Å². The van der Waals surface area contributed by atoms with E-state index in [0.717, 1.165) is 25.2 Å². The first kappa shape index (κ1) is 25.4. The Morgan fingerprint density at radius 2 is 1.58 bits per heavy atom. The van der Waals surface area contributed by atoms with E-state index < -0.39 is 6.04 Å². The molecule has 4 nitrogen and oxygen atoms in total. The van der Waals surface area contributed by atoms with Gasteiger partial charge in [-0.15, -0.1) is 24.8 Å². The fourth-order valence-electron chi connectivity index (χ4n) is 2.40. The van der Waals surface area contributed by atoms with E-state index in [1.165, 1.54) is 5.56 Å². The summed E-state index contributed by atoms with van der Waals surface area (Å²) >= 11 is 0. The molecule has 0 fully saturated rings. The van der Waals surface area contributed by atoms with Gasteiger partial charge in [0.25, 0.3) is 0 Å². The van der Waals surface area contributed by atoms with Gasteiger partial charge < -0.3 is 11.1 Å². The molecule has 0 unspecified atom stereocenters. The number of rotatable bonds is 9. The van der Waals surface area contributed by atoms with Crippen LogP contribution in [0.25, 0.3) is 0 Å². The molecule has 0 saturated carbocycles. The van der Waals surface area contributed by atoms with Gasteiger partial charge in [0.05, 0.1) is 6.04 Å². The Bertz CT molecular complexity index is 448. The molecule has 0 heterocycles. The number of hydrogen-bond acceptors (Lipinski definition) is 3. The largest absolute Gasteiger partial charge is 0.351 e. The minimum atomic E-state index is -0.415. The number of carbonyl (C=O) groups excluding carboxylic acids is 1. The molecule has 0 spiro atoms. The fraction of sp³-hybridized carbons (Fsp3) is 0.611. The zero-order valence-corrected chi connectivity index (χ0v) is 16.9. The molecule has 0 radical (unpaired) electrons. The maximum atomic E-state index is 11.9. The van der Waals surface area contributed by atoms with Crippen LogP contribution >= 0.6 is 24.8 Å². The normalized spacial score (nSPS) is 11.6. The maximum Gasteiger partial charge on any atom is 0.237 e. The number of nitrogens with two attached hydrogens (primary N) is 1. The lowest BCUT2D eigenvalue weighted by Crippen LogP contribution is -2.41. The van der Waals surface area contributed by atoms with Gasteiger partial charge in [-0.25, -0.2) is 0 Å². The van der Waals surface area contributed by atoms with Crippen LogP contribution in [-0.2, 0) is 17.9 Å². The molecule has 1 aromatic carbocycles. The average molecular weight is 378 g/mol. The van der Waals surface area contributed by atoms with Crippen LogP contribution < -0.4 is 11.1 Å². The lowest BCUT2D eigenvalue weighted by atomic mass is 10.0. The molecule has 6 heteroatoms. The van der Waals surface area contributed by atoms with Crippen molar-refractivity contribution in [2.45, 2.75) is 53.2 Å². The summed E-state index contributed by atoms with van der Waals surface area (Å²) in [5.74, 6) is 0.362. The summed E-state index contributed by atoms with van der Waals surface area (Å²) in [6.45, 7) is 12.1. The van der Waals surface area contributed by atoms with Crippen LogP contribution in [0.15, 0.2) is 24.3 Å². The number of carbonyl (C=O) groups is 1. The second-order valence-corrected chi connectivity index (χ2v) is 6.23. The Kier molecular flexibility index (Phi) is 14.3. The molecule has 140 valence electrons. The first-order valence-corrected chi connectivity index (χ1v) is 8.29. The number of benzene rings is 1. The van der Waals surface area contributed by atoms with E-state index in [4.69, 9.17) is 5.73 Å². The van der Waals surface area contributed by atoms with Crippen molar-refractivity contribution in [2.75, 3.05) is 13.1 Å². The van der Waals surface area contributed by atoms with E-state index >= 15 is 0 Å². The van der Waals surface area contributed by atoms with Gasteiger partial charge in [0.1, 0.15) is 0 Å². The Morgan fingerprint density at radius 3 is 2.04 bits per heavy atom. The van der Waals surface area contributed by atoms with Crippen LogP contribution in [0.2, 0.25) is 0 Å². The van der Waals surface area contributed by atoms with Gasteiger partial charge in [0, 0.05) is 13.1 Å². The summed E-state index contributed by atoms with van der Waals surface area (Å²) in [5, 5.41) is 2.91.